The number of aliphatic hydroxyl groups excluding tert-OH is 2. The summed E-state index contributed by atoms with van der Waals surface area (Å²) in [5.41, 5.74) is 4.03. The summed E-state index contributed by atoms with van der Waals surface area (Å²) < 4.78 is 1.78. The van der Waals surface area contributed by atoms with Crippen molar-refractivity contribution >= 4 is 53.0 Å². The number of aliphatic hydroxyl groups is 2. The minimum atomic E-state index is -1.15. The first-order valence-corrected chi connectivity index (χ1v) is 17.5. The van der Waals surface area contributed by atoms with Gasteiger partial charge >= 0.3 is 6.03 Å². The van der Waals surface area contributed by atoms with Crippen LogP contribution >= 0.6 is 12.4 Å². The number of hydrogen-bond acceptors (Lipinski definition) is 9. The second kappa shape index (κ2) is 16.4. The molecule has 3 amide bonds. The maximum atomic E-state index is 12.8. The van der Waals surface area contributed by atoms with Gasteiger partial charge in [-0.2, -0.15) is 9.97 Å². The number of carbonyl (C=O) groups excluding carboxylic acids is 2. The van der Waals surface area contributed by atoms with Gasteiger partial charge < -0.3 is 40.9 Å². The summed E-state index contributed by atoms with van der Waals surface area (Å²) in [7, 11) is 0. The van der Waals surface area contributed by atoms with Gasteiger partial charge in [0.15, 0.2) is 17.0 Å². The number of amides is 3. The van der Waals surface area contributed by atoms with E-state index in [1.165, 1.54) is 0 Å². The van der Waals surface area contributed by atoms with Gasteiger partial charge in [-0.05, 0) is 36.1 Å². The number of rotatable bonds is 11. The number of fused-ring (bicyclic) bond motifs is 1. The summed E-state index contributed by atoms with van der Waals surface area (Å²) in [5.74, 6) is 0.813. The van der Waals surface area contributed by atoms with Gasteiger partial charge in [-0.15, -0.1) is 12.4 Å². The third-order valence-electron chi connectivity index (χ3n) is 9.80. The molecule has 13 nitrogen and oxygen atoms in total. The second-order valence-corrected chi connectivity index (χ2v) is 13.2. The molecule has 0 radical (unpaired) electrons. The molecule has 1 saturated heterocycles. The lowest BCUT2D eigenvalue weighted by atomic mass is 9.91. The van der Waals surface area contributed by atoms with E-state index in [2.05, 4.69) is 45.5 Å². The molecule has 0 bridgehead atoms. The molecule has 52 heavy (non-hydrogen) atoms. The fraction of sp³-hybridized carbons (Fsp3) is 0.342. The van der Waals surface area contributed by atoms with Crippen molar-refractivity contribution in [1.82, 2.24) is 30.2 Å². The van der Waals surface area contributed by atoms with E-state index in [0.29, 0.717) is 61.1 Å². The Balaban J connectivity index is 0.00000464. The van der Waals surface area contributed by atoms with Crippen LogP contribution in [0.25, 0.3) is 11.2 Å². The SMILES string of the molecule is CCC(=O)N[C@H]1C[C@@H](n2cnc3c(NCC(c4ccccc4)c4ccccc4)nc(N4CCC(NC(=O)Nc5ccccc5)C4)nc32)[C@H](O)[C@@H]1O.Cl. The highest BCUT2D eigenvalue weighted by Crippen LogP contribution is 2.35. The lowest BCUT2D eigenvalue weighted by Gasteiger charge is -2.22. The van der Waals surface area contributed by atoms with Gasteiger partial charge in [-0.1, -0.05) is 85.8 Å². The molecule has 1 aliphatic carbocycles. The molecule has 0 spiro atoms. The zero-order chi connectivity index (χ0) is 35.3. The van der Waals surface area contributed by atoms with Crippen molar-refractivity contribution in [1.29, 1.82) is 0 Å². The molecule has 3 heterocycles. The molecular formula is C38H44ClN9O4. The summed E-state index contributed by atoms with van der Waals surface area (Å²) >= 11 is 0. The maximum Gasteiger partial charge on any atom is 0.319 e. The van der Waals surface area contributed by atoms with Crippen LogP contribution in [0.5, 0.6) is 0 Å². The lowest BCUT2D eigenvalue weighted by molar-refractivity contribution is -0.122. The number of nitrogens with zero attached hydrogens (tertiary/aromatic N) is 5. The van der Waals surface area contributed by atoms with Crippen molar-refractivity contribution in [2.45, 2.75) is 62.4 Å². The van der Waals surface area contributed by atoms with Crippen LogP contribution in [0.4, 0.5) is 22.2 Å². The summed E-state index contributed by atoms with van der Waals surface area (Å²) in [6.45, 7) is 3.37. The number of halogens is 1. The van der Waals surface area contributed by atoms with E-state index in [1.54, 1.807) is 17.8 Å². The third kappa shape index (κ3) is 7.96. The van der Waals surface area contributed by atoms with Crippen LogP contribution in [0, 0.1) is 0 Å². The molecule has 7 rings (SSSR count). The van der Waals surface area contributed by atoms with E-state index < -0.39 is 24.3 Å². The van der Waals surface area contributed by atoms with Gasteiger partial charge in [-0.25, -0.2) is 9.78 Å². The van der Waals surface area contributed by atoms with Gasteiger partial charge in [0.2, 0.25) is 11.9 Å². The predicted molar refractivity (Wildman–Crippen MR) is 203 cm³/mol. The minimum Gasteiger partial charge on any atom is -0.388 e. The second-order valence-electron chi connectivity index (χ2n) is 13.2. The van der Waals surface area contributed by atoms with Crippen molar-refractivity contribution < 1.29 is 19.8 Å². The van der Waals surface area contributed by atoms with Crippen LogP contribution in [0.1, 0.15) is 49.3 Å². The van der Waals surface area contributed by atoms with Crippen LogP contribution in [0.3, 0.4) is 0 Å². The third-order valence-corrected chi connectivity index (χ3v) is 9.80. The van der Waals surface area contributed by atoms with Gasteiger partial charge in [0, 0.05) is 43.7 Å². The van der Waals surface area contributed by atoms with Crippen LogP contribution in [-0.2, 0) is 4.79 Å². The number of urea groups is 1. The Morgan fingerprint density at radius 2 is 1.54 bits per heavy atom. The molecule has 1 saturated carbocycles. The van der Waals surface area contributed by atoms with E-state index in [0.717, 1.165) is 11.1 Å². The zero-order valence-corrected chi connectivity index (χ0v) is 29.6. The molecule has 2 aliphatic rings. The molecule has 5 atom stereocenters. The topological polar surface area (TPSA) is 170 Å². The van der Waals surface area contributed by atoms with E-state index in [9.17, 15) is 19.8 Å². The highest BCUT2D eigenvalue weighted by atomic mass is 35.5. The minimum absolute atomic E-state index is 0. The summed E-state index contributed by atoms with van der Waals surface area (Å²) in [5, 5.41) is 34.4. The Bertz CT molecular complexity index is 1910. The largest absolute Gasteiger partial charge is 0.388 e. The van der Waals surface area contributed by atoms with E-state index >= 15 is 0 Å². The number of nitrogens with one attached hydrogen (secondary N) is 4. The Morgan fingerprint density at radius 1 is 0.885 bits per heavy atom. The monoisotopic (exact) mass is 725 g/mol. The van der Waals surface area contributed by atoms with Gasteiger partial charge in [0.1, 0.15) is 12.2 Å². The van der Waals surface area contributed by atoms with Crippen molar-refractivity contribution in [3.05, 3.63) is 108 Å². The molecule has 2 fully saturated rings. The zero-order valence-electron chi connectivity index (χ0n) is 28.8. The standard InChI is InChI=1S/C38H43N9O4.ClH/c1-2-31(48)43-29-20-30(34(50)33(29)49)47-23-40-32-35(39-21-28(24-12-6-3-7-13-24)25-14-8-4-9-15-25)44-37(45-36(32)47)46-19-18-27(22-46)42-38(51)41-26-16-10-5-11-17-26;/h3-17,23,27-30,33-34,49-50H,2,18-22H2,1H3,(H,43,48)(H,39,44,45)(H2,41,42,51);1H/t27?,29-,30+,33+,34-;/m0./s1. The number of para-hydroxylation sites is 1. The van der Waals surface area contributed by atoms with E-state index in [4.69, 9.17) is 15.0 Å². The fourth-order valence-electron chi connectivity index (χ4n) is 7.08. The van der Waals surface area contributed by atoms with Crippen LogP contribution < -0.4 is 26.2 Å². The summed E-state index contributed by atoms with van der Waals surface area (Å²) in [4.78, 5) is 41.7. The average Bonchev–Trinajstić information content (AvgIpc) is 3.87. The predicted octanol–water partition coefficient (Wildman–Crippen LogP) is 4.45. The van der Waals surface area contributed by atoms with Gasteiger partial charge in [0.05, 0.1) is 18.4 Å². The molecule has 1 aliphatic heterocycles. The number of imidazole rings is 1. The first-order chi connectivity index (χ1) is 24.9. The molecule has 1 unspecified atom stereocenters. The van der Waals surface area contributed by atoms with Crippen molar-refractivity contribution in [3.8, 4) is 0 Å². The van der Waals surface area contributed by atoms with Gasteiger partial charge in [-0.3, -0.25) is 4.79 Å². The molecular weight excluding hydrogens is 682 g/mol. The molecule has 2 aromatic heterocycles. The summed E-state index contributed by atoms with van der Waals surface area (Å²) in [6.07, 6.45) is 0.596. The quantitative estimate of drug-likeness (QED) is 0.115. The van der Waals surface area contributed by atoms with Crippen LogP contribution in [0.15, 0.2) is 97.3 Å². The highest BCUT2D eigenvalue weighted by molar-refractivity contribution is 5.89. The number of hydrogen-bond donors (Lipinski definition) is 6. The van der Waals surface area contributed by atoms with Gasteiger partial charge in [0.25, 0.3) is 0 Å². The molecule has 5 aromatic rings. The van der Waals surface area contributed by atoms with E-state index in [-0.39, 0.29) is 42.7 Å². The maximum absolute atomic E-state index is 12.8. The van der Waals surface area contributed by atoms with Crippen molar-refractivity contribution in [3.63, 3.8) is 0 Å². The van der Waals surface area contributed by atoms with Crippen molar-refractivity contribution in [2.24, 2.45) is 0 Å². The normalized spacial score (nSPS) is 21.2. The number of carbonyl (C=O) groups is 2. The number of benzene rings is 3. The average molecular weight is 726 g/mol. The summed E-state index contributed by atoms with van der Waals surface area (Å²) in [6, 6.07) is 28.3. The van der Waals surface area contributed by atoms with Crippen LogP contribution in [-0.4, -0.2) is 85.6 Å². The molecule has 6 N–H and O–H groups in total. The Kier molecular flexibility index (Phi) is 11.5. The molecule has 272 valence electrons. The highest BCUT2D eigenvalue weighted by Gasteiger charge is 2.44. The Labute approximate surface area is 308 Å². The van der Waals surface area contributed by atoms with Crippen molar-refractivity contribution in [2.75, 3.05) is 35.2 Å². The number of aromatic nitrogens is 4. The lowest BCUT2D eigenvalue weighted by Crippen LogP contribution is -2.42. The molecule has 3 aromatic carbocycles. The van der Waals surface area contributed by atoms with E-state index in [1.807, 2.05) is 71.6 Å². The fourth-order valence-corrected chi connectivity index (χ4v) is 7.08. The smallest absolute Gasteiger partial charge is 0.319 e. The Hall–Kier alpha value is -5.24. The Morgan fingerprint density at radius 3 is 2.19 bits per heavy atom. The first kappa shape index (κ1) is 36.5. The van der Waals surface area contributed by atoms with Crippen LogP contribution in [0.2, 0.25) is 0 Å². The number of anilines is 3. The molecule has 14 heteroatoms. The first-order valence-electron chi connectivity index (χ1n) is 17.5.